The number of halogens is 13. The Kier molecular flexibility index (Phi) is 6.00. The lowest BCUT2D eigenvalue weighted by atomic mass is 9.85. The molecule has 2 nitrogen and oxygen atoms in total. The van der Waals surface area contributed by atoms with Gasteiger partial charge >= 0.3 is 33.2 Å². The van der Waals surface area contributed by atoms with Crippen molar-refractivity contribution in [3.63, 3.8) is 0 Å². The van der Waals surface area contributed by atoms with Crippen molar-refractivity contribution in [3.05, 3.63) is 29.3 Å². The van der Waals surface area contributed by atoms with E-state index < -0.39 is 56.5 Å². The van der Waals surface area contributed by atoms with Crippen LogP contribution in [0.15, 0.2) is 23.2 Å². The molecule has 0 bridgehead atoms. The molecule has 0 heterocycles. The van der Waals surface area contributed by atoms with Gasteiger partial charge in [-0.25, -0.2) is 0 Å². The topological polar surface area (TPSA) is 32.6 Å². The minimum Gasteiger partial charge on any atom is -0.507 e. The van der Waals surface area contributed by atoms with Gasteiger partial charge in [0.15, 0.2) is 0 Å². The van der Waals surface area contributed by atoms with Gasteiger partial charge in [0.2, 0.25) is 0 Å². The summed E-state index contributed by atoms with van der Waals surface area (Å²) in [5.74, 6) is -22.9. The molecular formula is C16H16F13NOS. The van der Waals surface area contributed by atoms with E-state index in [9.17, 15) is 59.7 Å². The maximum absolute atomic E-state index is 13.6. The number of benzene rings is 1. The normalized spacial score (nSPS) is 17.4. The molecule has 188 valence electrons. The number of hydrogen-bond acceptors (Lipinski definition) is 2. The van der Waals surface area contributed by atoms with Crippen LogP contribution in [0.3, 0.4) is 0 Å². The van der Waals surface area contributed by atoms with Gasteiger partial charge in [0, 0.05) is 11.8 Å². The summed E-state index contributed by atoms with van der Waals surface area (Å²) in [4.78, 5) is 2.60. The predicted molar refractivity (Wildman–Crippen MR) is 92.2 cm³/mol. The molecule has 16 heteroatoms. The first-order valence-corrected chi connectivity index (χ1v) is 10.1. The number of aromatic hydroxyl groups is 1. The zero-order valence-corrected chi connectivity index (χ0v) is 17.0. The zero-order valence-electron chi connectivity index (χ0n) is 16.2. The van der Waals surface area contributed by atoms with Crippen LogP contribution in [-0.4, -0.2) is 40.9 Å². The Bertz CT molecular complexity index is 902. The number of rotatable bonds is 7. The monoisotopic (exact) mass is 517 g/mol. The maximum atomic E-state index is 13.6. The average molecular weight is 517 g/mol. The summed E-state index contributed by atoms with van der Waals surface area (Å²) < 4.78 is 167. The molecule has 0 spiro atoms. The second-order valence-corrected chi connectivity index (χ2v) is 10.3. The SMILES string of the molecule is CC(C)(C)c1cccc(C=NCC(F)(F)C(F)(F)C(F)(F)C(F)(F)S(F)(F)(F)(F)F)c1O. The van der Waals surface area contributed by atoms with Crippen LogP contribution in [-0.2, 0) is 5.41 Å². The third-order valence-electron chi connectivity index (χ3n) is 4.10. The third-order valence-corrected chi connectivity index (χ3v) is 5.32. The Morgan fingerprint density at radius 3 is 1.72 bits per heavy atom. The van der Waals surface area contributed by atoms with Crippen molar-refractivity contribution >= 4 is 16.4 Å². The first kappa shape index (κ1) is 28.2. The van der Waals surface area contributed by atoms with E-state index in [4.69, 9.17) is 0 Å². The van der Waals surface area contributed by atoms with Crippen LogP contribution >= 0.6 is 10.2 Å². The highest BCUT2D eigenvalue weighted by Gasteiger charge is 2.97. The quantitative estimate of drug-likeness (QED) is 0.290. The van der Waals surface area contributed by atoms with Crippen molar-refractivity contribution in [1.82, 2.24) is 0 Å². The van der Waals surface area contributed by atoms with Gasteiger partial charge in [-0.1, -0.05) is 52.3 Å². The van der Waals surface area contributed by atoms with Gasteiger partial charge in [0.1, 0.15) is 12.3 Å². The largest absolute Gasteiger partial charge is 0.507 e. The number of hydrogen-bond donors (Lipinski definition) is 1. The highest BCUT2D eigenvalue weighted by atomic mass is 32.5. The fourth-order valence-corrected chi connectivity index (χ4v) is 2.90. The molecule has 32 heavy (non-hydrogen) atoms. The minimum absolute atomic E-state index is 0.195. The number of alkyl halides is 8. The van der Waals surface area contributed by atoms with Crippen molar-refractivity contribution in [2.24, 2.45) is 4.99 Å². The molecule has 0 radical (unpaired) electrons. The van der Waals surface area contributed by atoms with Crippen LogP contribution in [0.2, 0.25) is 0 Å². The second-order valence-electron chi connectivity index (χ2n) is 7.80. The first-order valence-electron chi connectivity index (χ1n) is 8.17. The molecule has 1 N–H and O–H groups in total. The number of para-hydroxylation sites is 1. The van der Waals surface area contributed by atoms with Crippen LogP contribution in [0.5, 0.6) is 5.75 Å². The number of phenolic OH excluding ortho intramolecular Hbond substituents is 1. The van der Waals surface area contributed by atoms with Gasteiger partial charge in [-0.15, -0.1) is 0 Å². The predicted octanol–water partition coefficient (Wildman–Crippen LogP) is 7.91. The molecule has 1 aromatic carbocycles. The first-order chi connectivity index (χ1) is 13.6. The Labute approximate surface area is 172 Å². The Morgan fingerprint density at radius 2 is 1.31 bits per heavy atom. The number of aliphatic imine (C=N–C) groups is 1. The maximum Gasteiger partial charge on any atom is 0.450 e. The Balaban J connectivity index is 3.35. The molecule has 0 atom stereocenters. The minimum atomic E-state index is -12.7. The molecule has 0 aliphatic rings. The summed E-state index contributed by atoms with van der Waals surface area (Å²) in [5, 5.41) is 1.27. The molecule has 0 fully saturated rings. The van der Waals surface area contributed by atoms with Gasteiger partial charge in [-0.2, -0.15) is 35.1 Å². The van der Waals surface area contributed by atoms with Crippen molar-refractivity contribution in [1.29, 1.82) is 0 Å². The van der Waals surface area contributed by atoms with Gasteiger partial charge in [-0.3, -0.25) is 4.99 Å². The zero-order chi connectivity index (χ0) is 25.9. The summed E-state index contributed by atoms with van der Waals surface area (Å²) in [6.07, 6.45) is 0.245. The van der Waals surface area contributed by atoms with Gasteiger partial charge < -0.3 is 5.11 Å². The van der Waals surface area contributed by atoms with E-state index in [1.54, 1.807) is 20.8 Å². The van der Waals surface area contributed by atoms with Gasteiger partial charge in [-0.05, 0) is 17.0 Å². The molecule has 0 aromatic heterocycles. The standard InChI is InChI=1S/C16H16F13NOS/c1-12(2,3)10-6-4-5-9(11(10)31)7-30-8-13(17,18)14(19,20)15(21,22)16(23,24)32(25,26,27,28)29/h4-7,31H,8H2,1-3H3. The van der Waals surface area contributed by atoms with E-state index in [0.29, 0.717) is 0 Å². The number of nitrogens with zero attached hydrogens (tertiary/aromatic N) is 1. The molecule has 0 aliphatic carbocycles. The lowest BCUT2D eigenvalue weighted by Crippen LogP contribution is -2.65. The van der Waals surface area contributed by atoms with Gasteiger partial charge in [0.05, 0.1) is 0 Å². The van der Waals surface area contributed by atoms with E-state index >= 15 is 0 Å². The smallest absolute Gasteiger partial charge is 0.450 e. The molecular weight excluding hydrogens is 501 g/mol. The Hall–Kier alpha value is -1.87. The molecule has 0 saturated carbocycles. The van der Waals surface area contributed by atoms with E-state index in [1.165, 1.54) is 12.1 Å². The van der Waals surface area contributed by atoms with Crippen molar-refractivity contribution in [2.75, 3.05) is 6.54 Å². The third kappa shape index (κ3) is 4.59. The summed E-state index contributed by atoms with van der Waals surface area (Å²) in [5.41, 5.74) is -0.953. The summed E-state index contributed by atoms with van der Waals surface area (Å²) in [6.45, 7) is 1.99. The summed E-state index contributed by atoms with van der Waals surface area (Å²) in [6, 6.07) is 3.62. The molecule has 1 rings (SSSR count). The highest BCUT2D eigenvalue weighted by molar-refractivity contribution is 8.46. The molecule has 0 amide bonds. The summed E-state index contributed by atoms with van der Waals surface area (Å²) in [7, 11) is -12.7. The fraction of sp³-hybridized carbons (Fsp3) is 0.562. The van der Waals surface area contributed by atoms with E-state index in [1.807, 2.05) is 0 Å². The van der Waals surface area contributed by atoms with E-state index in [2.05, 4.69) is 4.99 Å². The molecule has 0 aliphatic heterocycles. The average Bonchev–Trinajstić information content (AvgIpc) is 2.52. The van der Waals surface area contributed by atoms with Crippen LogP contribution < -0.4 is 0 Å². The fourth-order valence-electron chi connectivity index (χ4n) is 2.28. The summed E-state index contributed by atoms with van der Waals surface area (Å²) >= 11 is 0. The highest BCUT2D eigenvalue weighted by Crippen LogP contribution is 3.06. The Morgan fingerprint density at radius 1 is 0.844 bits per heavy atom. The van der Waals surface area contributed by atoms with Gasteiger partial charge in [0.25, 0.3) is 0 Å². The van der Waals surface area contributed by atoms with Crippen molar-refractivity contribution < 1.29 is 59.7 Å². The van der Waals surface area contributed by atoms with Crippen LogP contribution in [0.1, 0.15) is 31.9 Å². The molecule has 0 unspecified atom stereocenters. The van der Waals surface area contributed by atoms with E-state index in [0.717, 1.165) is 6.07 Å². The molecule has 0 saturated heterocycles. The van der Waals surface area contributed by atoms with Crippen LogP contribution in [0.25, 0.3) is 0 Å². The number of phenols is 1. The van der Waals surface area contributed by atoms with Crippen molar-refractivity contribution in [3.8, 4) is 5.75 Å². The lowest BCUT2D eigenvalue weighted by molar-refractivity contribution is -0.349. The second kappa shape index (κ2) is 6.82. The van der Waals surface area contributed by atoms with Crippen LogP contribution in [0, 0.1) is 0 Å². The van der Waals surface area contributed by atoms with Crippen LogP contribution in [0.4, 0.5) is 54.6 Å². The molecule has 1 aromatic rings. The lowest BCUT2D eigenvalue weighted by Gasteiger charge is -2.49. The van der Waals surface area contributed by atoms with Crippen molar-refractivity contribution in [2.45, 2.75) is 49.2 Å². The van der Waals surface area contributed by atoms with E-state index in [-0.39, 0.29) is 11.8 Å².